The van der Waals surface area contributed by atoms with Crippen LogP contribution in [0.2, 0.25) is 0 Å². The van der Waals surface area contributed by atoms with E-state index in [1.807, 2.05) is 55.5 Å². The molecule has 5 rings (SSSR count). The maximum Gasteiger partial charge on any atom is 0.255 e. The van der Waals surface area contributed by atoms with Crippen LogP contribution in [0.1, 0.15) is 27.0 Å². The van der Waals surface area contributed by atoms with Gasteiger partial charge in [0.05, 0.1) is 18.5 Å². The normalized spacial score (nSPS) is 11.2. The van der Waals surface area contributed by atoms with Gasteiger partial charge in [0.1, 0.15) is 5.82 Å². The Hall–Kier alpha value is -4.49. The lowest BCUT2D eigenvalue weighted by Gasteiger charge is -2.15. The van der Waals surface area contributed by atoms with Crippen LogP contribution in [0, 0.1) is 12.7 Å². The second-order valence-electron chi connectivity index (χ2n) is 8.77. The average Bonchev–Trinajstić information content (AvgIpc) is 3.25. The van der Waals surface area contributed by atoms with Crippen LogP contribution in [0.4, 0.5) is 10.1 Å². The zero-order valence-electron chi connectivity index (χ0n) is 19.6. The fourth-order valence-corrected chi connectivity index (χ4v) is 4.63. The Morgan fingerprint density at radius 3 is 2.50 bits per heavy atom. The number of nitrogens with two attached hydrogens (primary N) is 1. The molecule has 1 aromatic heterocycles. The molecule has 180 valence electrons. The number of carbonyl (C=O) groups is 2. The topological polar surface area (TPSA) is 108 Å². The summed E-state index contributed by atoms with van der Waals surface area (Å²) in [5.41, 5.74) is 12.4. The zero-order valence-corrected chi connectivity index (χ0v) is 19.6. The minimum absolute atomic E-state index is 0.0821. The van der Waals surface area contributed by atoms with Crippen LogP contribution in [0.15, 0.2) is 72.8 Å². The summed E-state index contributed by atoms with van der Waals surface area (Å²) in [6, 6.07) is 20.6. The van der Waals surface area contributed by atoms with Gasteiger partial charge in [-0.1, -0.05) is 36.4 Å². The first-order valence-corrected chi connectivity index (χ1v) is 11.5. The molecule has 2 amide bonds. The van der Waals surface area contributed by atoms with Gasteiger partial charge < -0.3 is 21.1 Å². The number of nitrogens with one attached hydrogen (secondary N) is 2. The molecular formula is C29H24FN3O3. The van der Waals surface area contributed by atoms with Crippen LogP contribution in [-0.4, -0.2) is 21.9 Å². The lowest BCUT2D eigenvalue weighted by atomic mass is 9.92. The fourth-order valence-electron chi connectivity index (χ4n) is 4.63. The molecule has 0 spiro atoms. The second-order valence-corrected chi connectivity index (χ2v) is 8.77. The van der Waals surface area contributed by atoms with Gasteiger partial charge in [-0.15, -0.1) is 0 Å². The van der Waals surface area contributed by atoms with Crippen molar-refractivity contribution < 1.29 is 19.1 Å². The van der Waals surface area contributed by atoms with Crippen molar-refractivity contribution in [3.05, 3.63) is 101 Å². The number of amides is 2. The zero-order chi connectivity index (χ0) is 25.4. The maximum atomic E-state index is 13.3. The lowest BCUT2D eigenvalue weighted by Crippen LogP contribution is -2.14. The molecule has 0 atom stereocenters. The van der Waals surface area contributed by atoms with E-state index < -0.39 is 11.7 Å². The number of H-pyrrole nitrogens is 1. The van der Waals surface area contributed by atoms with Crippen molar-refractivity contribution in [3.63, 3.8) is 0 Å². The minimum Gasteiger partial charge on any atom is -0.392 e. The molecule has 0 aliphatic carbocycles. The SMILES string of the molecule is Cc1c(NC(=O)c2ccc(F)cc2)cccc1-c1ccc(CC(N)=O)c2[nH]c3cc(CO)ccc3c12. The van der Waals surface area contributed by atoms with E-state index in [0.717, 1.165) is 49.6 Å². The van der Waals surface area contributed by atoms with E-state index in [9.17, 15) is 19.1 Å². The number of hydrogen-bond donors (Lipinski definition) is 4. The molecule has 0 saturated carbocycles. The summed E-state index contributed by atoms with van der Waals surface area (Å²) in [4.78, 5) is 27.9. The molecular weight excluding hydrogens is 457 g/mol. The second kappa shape index (κ2) is 9.28. The first-order chi connectivity index (χ1) is 17.4. The van der Waals surface area contributed by atoms with Crippen LogP contribution in [0.5, 0.6) is 0 Å². The van der Waals surface area contributed by atoms with Gasteiger partial charge in [0.2, 0.25) is 5.91 Å². The largest absolute Gasteiger partial charge is 0.392 e. The summed E-state index contributed by atoms with van der Waals surface area (Å²) in [6.45, 7) is 1.85. The Bertz CT molecular complexity index is 1640. The van der Waals surface area contributed by atoms with Crippen molar-refractivity contribution in [2.75, 3.05) is 5.32 Å². The van der Waals surface area contributed by atoms with E-state index in [-0.39, 0.29) is 18.9 Å². The van der Waals surface area contributed by atoms with Gasteiger partial charge in [-0.3, -0.25) is 9.59 Å². The van der Waals surface area contributed by atoms with Gasteiger partial charge in [0.25, 0.3) is 5.91 Å². The Balaban J connectivity index is 1.65. The van der Waals surface area contributed by atoms with Gasteiger partial charge in [-0.05, 0) is 71.1 Å². The van der Waals surface area contributed by atoms with Crippen molar-refractivity contribution in [2.24, 2.45) is 5.73 Å². The number of halogens is 1. The highest BCUT2D eigenvalue weighted by Gasteiger charge is 2.18. The maximum absolute atomic E-state index is 13.3. The van der Waals surface area contributed by atoms with E-state index in [2.05, 4.69) is 10.3 Å². The number of fused-ring (bicyclic) bond motifs is 3. The van der Waals surface area contributed by atoms with Crippen molar-refractivity contribution in [3.8, 4) is 11.1 Å². The molecule has 0 radical (unpaired) electrons. The molecule has 0 aliphatic heterocycles. The van der Waals surface area contributed by atoms with Crippen LogP contribution in [0.25, 0.3) is 32.9 Å². The van der Waals surface area contributed by atoms with Crippen molar-refractivity contribution in [2.45, 2.75) is 20.0 Å². The Labute approximate surface area is 206 Å². The van der Waals surface area contributed by atoms with E-state index in [1.165, 1.54) is 24.3 Å². The molecule has 0 fully saturated rings. The number of anilines is 1. The highest BCUT2D eigenvalue weighted by atomic mass is 19.1. The molecule has 0 unspecified atom stereocenters. The summed E-state index contributed by atoms with van der Waals surface area (Å²) in [7, 11) is 0. The minimum atomic E-state index is -0.430. The summed E-state index contributed by atoms with van der Waals surface area (Å²) < 4.78 is 13.3. The van der Waals surface area contributed by atoms with Crippen LogP contribution >= 0.6 is 0 Å². The number of primary amides is 1. The van der Waals surface area contributed by atoms with Crippen LogP contribution in [0.3, 0.4) is 0 Å². The molecule has 5 aromatic rings. The van der Waals surface area contributed by atoms with Crippen molar-refractivity contribution >= 4 is 39.3 Å². The number of aliphatic hydroxyl groups is 1. The fraction of sp³-hybridized carbons (Fsp3) is 0.103. The number of rotatable bonds is 6. The number of aromatic amines is 1. The summed E-state index contributed by atoms with van der Waals surface area (Å²) in [5.74, 6) is -1.17. The van der Waals surface area contributed by atoms with Gasteiger partial charge in [-0.2, -0.15) is 0 Å². The van der Waals surface area contributed by atoms with Gasteiger partial charge in [0.15, 0.2) is 0 Å². The predicted molar refractivity (Wildman–Crippen MR) is 139 cm³/mol. The van der Waals surface area contributed by atoms with Crippen LogP contribution < -0.4 is 11.1 Å². The molecule has 4 aromatic carbocycles. The first kappa shape index (κ1) is 23.3. The smallest absolute Gasteiger partial charge is 0.255 e. The summed E-state index contributed by atoms with van der Waals surface area (Å²) >= 11 is 0. The third kappa shape index (κ3) is 4.21. The van der Waals surface area contributed by atoms with Crippen LogP contribution in [-0.2, 0) is 17.8 Å². The monoisotopic (exact) mass is 481 g/mol. The first-order valence-electron chi connectivity index (χ1n) is 11.5. The molecule has 36 heavy (non-hydrogen) atoms. The third-order valence-corrected chi connectivity index (χ3v) is 6.43. The third-order valence-electron chi connectivity index (χ3n) is 6.43. The van der Waals surface area contributed by atoms with Crippen molar-refractivity contribution in [1.29, 1.82) is 0 Å². The number of benzene rings is 4. The van der Waals surface area contributed by atoms with Gasteiger partial charge in [0, 0.05) is 27.5 Å². The lowest BCUT2D eigenvalue weighted by molar-refractivity contribution is -0.117. The van der Waals surface area contributed by atoms with E-state index in [0.29, 0.717) is 11.3 Å². The van der Waals surface area contributed by atoms with E-state index in [4.69, 9.17) is 5.73 Å². The Morgan fingerprint density at radius 2 is 1.78 bits per heavy atom. The quantitative estimate of drug-likeness (QED) is 0.267. The van der Waals surface area contributed by atoms with Gasteiger partial charge >= 0.3 is 0 Å². The molecule has 0 aliphatic rings. The predicted octanol–water partition coefficient (Wildman–Crippen LogP) is 5.21. The highest BCUT2D eigenvalue weighted by Crippen LogP contribution is 2.39. The number of hydrogen-bond acceptors (Lipinski definition) is 3. The molecule has 5 N–H and O–H groups in total. The van der Waals surface area contributed by atoms with Crippen molar-refractivity contribution in [1.82, 2.24) is 4.98 Å². The average molecular weight is 482 g/mol. The molecule has 0 saturated heterocycles. The van der Waals surface area contributed by atoms with E-state index >= 15 is 0 Å². The number of carbonyl (C=O) groups excluding carboxylic acids is 2. The highest BCUT2D eigenvalue weighted by molar-refractivity contribution is 6.16. The standard InChI is InChI=1S/C29H24FN3O3/c1-16-21(3-2-4-24(16)33-29(36)18-6-9-20(30)10-7-18)22-12-8-19(14-26(31)35)28-27(22)23-11-5-17(15-34)13-25(23)32-28/h2-13,32,34H,14-15H2,1H3,(H2,31,35)(H,33,36). The Morgan fingerprint density at radius 1 is 1.00 bits per heavy atom. The molecule has 0 bridgehead atoms. The molecule has 7 heteroatoms. The number of aromatic nitrogens is 1. The molecule has 6 nitrogen and oxygen atoms in total. The van der Waals surface area contributed by atoms with Gasteiger partial charge in [-0.25, -0.2) is 4.39 Å². The molecule has 1 heterocycles. The summed E-state index contributed by atoms with van der Waals surface area (Å²) in [5, 5.41) is 14.4. The summed E-state index contributed by atoms with van der Waals surface area (Å²) in [6.07, 6.45) is 0.0865. The Kier molecular flexibility index (Phi) is 6.00. The van der Waals surface area contributed by atoms with E-state index in [1.54, 1.807) is 0 Å². The number of aliphatic hydroxyl groups excluding tert-OH is 1.